The van der Waals surface area contributed by atoms with E-state index in [1.54, 1.807) is 0 Å². The molecule has 4 aliphatic carbocycles. The highest BCUT2D eigenvalue weighted by atomic mass is 15.2. The van der Waals surface area contributed by atoms with Gasteiger partial charge >= 0.3 is 0 Å². The fraction of sp³-hybridized carbons (Fsp3) is 0.438. The molecule has 2 aliphatic heterocycles. The predicted octanol–water partition coefficient (Wildman–Crippen LogP) is 15.3. The molecule has 0 aromatic heterocycles. The van der Waals surface area contributed by atoms with Crippen molar-refractivity contribution in [3.63, 3.8) is 0 Å². The molecule has 0 saturated carbocycles. The van der Waals surface area contributed by atoms with Crippen molar-refractivity contribution in [3.8, 4) is 11.1 Å². The van der Waals surface area contributed by atoms with Crippen molar-refractivity contribution in [2.45, 2.75) is 181 Å². The average Bonchev–Trinajstić information content (AvgIpc) is 3.59. The maximum Gasteiger partial charge on any atom is 0.252 e. The van der Waals surface area contributed by atoms with Crippen LogP contribution in [0.5, 0.6) is 0 Å². The highest BCUT2D eigenvalue weighted by Gasteiger charge is 2.51. The smallest absolute Gasteiger partial charge is 0.252 e. The van der Waals surface area contributed by atoms with Crippen LogP contribution in [0.3, 0.4) is 0 Å². The van der Waals surface area contributed by atoms with Crippen molar-refractivity contribution < 1.29 is 0 Å². The third kappa shape index (κ3) is 5.76. The van der Waals surface area contributed by atoms with Crippen molar-refractivity contribution in [2.24, 2.45) is 0 Å². The lowest BCUT2D eigenvalue weighted by Crippen LogP contribution is -2.62. The molecule has 6 aliphatic rings. The summed E-state index contributed by atoms with van der Waals surface area (Å²) in [6.45, 7) is 39.7. The molecule has 0 spiro atoms. The molecule has 0 saturated heterocycles. The van der Waals surface area contributed by atoms with Gasteiger partial charge in [-0.15, -0.1) is 0 Å². The predicted molar refractivity (Wildman–Crippen MR) is 289 cm³/mol. The SMILES string of the molecule is Cc1cc2c3c(c1)N(c1cccc4c1C(C)(C)c1ccccc1-4)c1cc4c(cc1B3c1cc3c(cc1N2c1cc2c(cc1C)C(C)(C)CC2(C)C)C(C)(C)CCC3(C)C)C(C)(C)CCC4(C)C. The van der Waals surface area contributed by atoms with E-state index < -0.39 is 0 Å². The molecular weight excluding hydrogens is 808 g/mol. The first-order valence-corrected chi connectivity index (χ1v) is 25.8. The Morgan fingerprint density at radius 1 is 0.388 bits per heavy atom. The number of anilines is 6. The molecule has 3 heteroatoms. The van der Waals surface area contributed by atoms with Gasteiger partial charge in [0.15, 0.2) is 0 Å². The molecule has 342 valence electrons. The van der Waals surface area contributed by atoms with Crippen LogP contribution in [0.4, 0.5) is 34.1 Å². The van der Waals surface area contributed by atoms with Crippen LogP contribution in [0.25, 0.3) is 11.1 Å². The van der Waals surface area contributed by atoms with Crippen LogP contribution in [-0.4, -0.2) is 6.71 Å². The molecule has 0 radical (unpaired) electrons. The number of nitrogens with zero attached hydrogens (tertiary/aromatic N) is 2. The highest BCUT2D eigenvalue weighted by molar-refractivity contribution is 7.00. The van der Waals surface area contributed by atoms with Gasteiger partial charge in [0.25, 0.3) is 6.71 Å². The number of rotatable bonds is 2. The average molecular weight is 881 g/mol. The summed E-state index contributed by atoms with van der Waals surface area (Å²) in [5.74, 6) is 0. The normalized spacial score (nSPS) is 21.6. The summed E-state index contributed by atoms with van der Waals surface area (Å²) in [6.07, 6.45) is 5.90. The second-order valence-corrected chi connectivity index (χ2v) is 26.8. The van der Waals surface area contributed by atoms with Gasteiger partial charge in [-0.25, -0.2) is 0 Å². The molecular formula is C64H73BN2. The first kappa shape index (κ1) is 43.3. The van der Waals surface area contributed by atoms with Crippen molar-refractivity contribution in [1.29, 1.82) is 0 Å². The summed E-state index contributed by atoms with van der Waals surface area (Å²) in [7, 11) is 0. The van der Waals surface area contributed by atoms with Crippen LogP contribution in [0.2, 0.25) is 0 Å². The third-order valence-electron chi connectivity index (χ3n) is 18.9. The molecule has 67 heavy (non-hydrogen) atoms. The molecule has 12 rings (SSSR count). The minimum Gasteiger partial charge on any atom is -0.311 e. The lowest BCUT2D eigenvalue weighted by Gasteiger charge is -2.49. The van der Waals surface area contributed by atoms with Gasteiger partial charge in [0.2, 0.25) is 0 Å². The summed E-state index contributed by atoms with van der Waals surface area (Å²) >= 11 is 0. The Morgan fingerprint density at radius 2 is 0.821 bits per heavy atom. The number of hydrogen-bond acceptors (Lipinski definition) is 2. The first-order chi connectivity index (χ1) is 31.3. The maximum atomic E-state index is 2.76. The van der Waals surface area contributed by atoms with Crippen LogP contribution in [0.1, 0.15) is 185 Å². The first-order valence-electron chi connectivity index (χ1n) is 25.8. The van der Waals surface area contributed by atoms with E-state index in [0.717, 1.165) is 6.42 Å². The van der Waals surface area contributed by atoms with E-state index >= 15 is 0 Å². The standard InChI is InChI=1S/C64H73BN2/c1-37-28-54-57-55(29-37)67(51-33-47-42(30-38(51)2)62(11,12)36-63(47,13)14)53-35-46-44(59(5,6)25-27-61(46,9)10)32-49(53)65(57)48-31-43-45(60(7,8)26-24-58(43,3)4)34-52(48)66(54)50-23-19-21-40-39-20-17-18-22-41(39)64(15,16)56(40)50/h17-23,28-35H,24-27,36H2,1-16H3. The lowest BCUT2D eigenvalue weighted by molar-refractivity contribution is 0.332. The molecule has 6 aromatic rings. The Balaban J connectivity index is 1.24. The third-order valence-corrected chi connectivity index (χ3v) is 18.9. The zero-order valence-electron chi connectivity index (χ0n) is 43.7. The minimum atomic E-state index is -0.183. The lowest BCUT2D eigenvalue weighted by atomic mass is 9.32. The van der Waals surface area contributed by atoms with Gasteiger partial charge in [-0.05, 0) is 198 Å². The second kappa shape index (κ2) is 13.2. The van der Waals surface area contributed by atoms with Gasteiger partial charge in [0, 0.05) is 33.9 Å². The molecule has 2 heterocycles. The van der Waals surface area contributed by atoms with Crippen molar-refractivity contribution in [1.82, 2.24) is 0 Å². The zero-order chi connectivity index (χ0) is 47.5. The van der Waals surface area contributed by atoms with E-state index in [1.807, 2.05) is 0 Å². The van der Waals surface area contributed by atoms with Gasteiger partial charge in [-0.1, -0.05) is 152 Å². The number of fused-ring (bicyclic) bond motifs is 10. The van der Waals surface area contributed by atoms with Crippen molar-refractivity contribution in [2.75, 3.05) is 9.80 Å². The summed E-state index contributed by atoms with van der Waals surface area (Å²) in [5, 5.41) is 0. The fourth-order valence-corrected chi connectivity index (χ4v) is 15.1. The molecule has 0 fully saturated rings. The number of benzene rings is 6. The van der Waals surface area contributed by atoms with Gasteiger partial charge in [-0.2, -0.15) is 0 Å². The molecule has 0 atom stereocenters. The van der Waals surface area contributed by atoms with Crippen molar-refractivity contribution >= 4 is 57.2 Å². The molecule has 0 bridgehead atoms. The van der Waals surface area contributed by atoms with Crippen LogP contribution >= 0.6 is 0 Å². The maximum absolute atomic E-state index is 2.76. The second-order valence-electron chi connectivity index (χ2n) is 26.8. The fourth-order valence-electron chi connectivity index (χ4n) is 15.1. The minimum absolute atomic E-state index is 0.0567. The highest BCUT2D eigenvalue weighted by Crippen LogP contribution is 2.58. The Kier molecular flexibility index (Phi) is 8.52. The van der Waals surface area contributed by atoms with E-state index in [4.69, 9.17) is 0 Å². The van der Waals surface area contributed by atoms with Gasteiger partial charge in [0.1, 0.15) is 0 Å². The zero-order valence-corrected chi connectivity index (χ0v) is 43.7. The molecule has 0 unspecified atom stereocenters. The molecule has 2 nitrogen and oxygen atoms in total. The molecule has 0 amide bonds. The van der Waals surface area contributed by atoms with Crippen LogP contribution in [0, 0.1) is 13.8 Å². The van der Waals surface area contributed by atoms with Crippen molar-refractivity contribution in [3.05, 3.63) is 147 Å². The quantitative estimate of drug-likeness (QED) is 0.160. The Hall–Kier alpha value is -5.02. The Labute approximate surface area is 403 Å². The van der Waals surface area contributed by atoms with E-state index in [9.17, 15) is 0 Å². The Morgan fingerprint density at radius 3 is 1.36 bits per heavy atom. The summed E-state index contributed by atoms with van der Waals surface area (Å²) < 4.78 is 0. The number of hydrogen-bond donors (Lipinski definition) is 0. The Bertz CT molecular complexity index is 3180. The summed E-state index contributed by atoms with van der Waals surface area (Å²) in [5.41, 5.74) is 30.0. The van der Waals surface area contributed by atoms with Gasteiger partial charge in [0.05, 0.1) is 5.69 Å². The van der Waals surface area contributed by atoms with E-state index in [2.05, 4.69) is 212 Å². The van der Waals surface area contributed by atoms with E-state index in [0.29, 0.717) is 0 Å². The van der Waals surface area contributed by atoms with Gasteiger partial charge < -0.3 is 9.80 Å². The topological polar surface area (TPSA) is 6.48 Å². The number of aryl methyl sites for hydroxylation is 2. The molecule has 6 aromatic carbocycles. The van der Waals surface area contributed by atoms with Crippen LogP contribution in [-0.2, 0) is 37.9 Å². The van der Waals surface area contributed by atoms with E-state index in [1.165, 1.54) is 143 Å². The molecule has 0 N–H and O–H groups in total. The van der Waals surface area contributed by atoms with Crippen LogP contribution < -0.4 is 26.2 Å². The summed E-state index contributed by atoms with van der Waals surface area (Å²) in [6, 6.07) is 37.5. The monoisotopic (exact) mass is 881 g/mol. The van der Waals surface area contributed by atoms with Gasteiger partial charge in [-0.3, -0.25) is 0 Å². The summed E-state index contributed by atoms with van der Waals surface area (Å²) in [4.78, 5) is 5.52. The van der Waals surface area contributed by atoms with Crippen LogP contribution in [0.15, 0.2) is 91.0 Å². The van der Waals surface area contributed by atoms with E-state index in [-0.39, 0.29) is 44.6 Å². The largest absolute Gasteiger partial charge is 0.311 e.